The minimum atomic E-state index is -0.502. The highest BCUT2D eigenvalue weighted by Crippen LogP contribution is 2.38. The molecule has 0 saturated heterocycles. The first-order valence-corrected chi connectivity index (χ1v) is 13.7. The summed E-state index contributed by atoms with van der Waals surface area (Å²) in [5, 5.41) is 4.98. The molecular weight excluding hydrogens is 444 g/mol. The first kappa shape index (κ1) is 29.6. The van der Waals surface area contributed by atoms with Crippen molar-refractivity contribution >= 4 is 12.1 Å². The second-order valence-corrected chi connectivity index (χ2v) is 11.7. The molecular formula is C28H50N2O5. The molecule has 0 radical (unpaired) electrons. The van der Waals surface area contributed by atoms with Crippen LogP contribution in [0.15, 0.2) is 12.7 Å². The standard InChI is InChI=1S/C28H50N2O5/c1-8-25(31)33-19-18-29-27(32)34-24-16-14-22(15-17-24)21(4)35-30(28(5,6)7)26(20(2)3)23-12-10-9-11-13-23/h8,20-24,26H,1,9-19H2,2-7H3,(H,29,32). The highest BCUT2D eigenvalue weighted by molar-refractivity contribution is 5.81. The molecule has 0 aromatic rings. The maximum absolute atomic E-state index is 12.1. The van der Waals surface area contributed by atoms with E-state index in [2.05, 4.69) is 58.5 Å². The van der Waals surface area contributed by atoms with Gasteiger partial charge in [0.2, 0.25) is 0 Å². The summed E-state index contributed by atoms with van der Waals surface area (Å²) >= 11 is 0. The maximum Gasteiger partial charge on any atom is 0.407 e. The molecule has 0 aromatic carbocycles. The molecule has 2 unspecified atom stereocenters. The van der Waals surface area contributed by atoms with Crippen LogP contribution in [0, 0.1) is 17.8 Å². The van der Waals surface area contributed by atoms with Crippen LogP contribution in [0.4, 0.5) is 4.79 Å². The van der Waals surface area contributed by atoms with Crippen LogP contribution in [0.2, 0.25) is 0 Å². The number of carbonyl (C=O) groups excluding carboxylic acids is 2. The van der Waals surface area contributed by atoms with Crippen LogP contribution in [-0.4, -0.2) is 54.1 Å². The fourth-order valence-electron chi connectivity index (χ4n) is 5.66. The number of esters is 1. The zero-order valence-corrected chi connectivity index (χ0v) is 23.0. The van der Waals surface area contributed by atoms with Crippen LogP contribution < -0.4 is 5.32 Å². The van der Waals surface area contributed by atoms with Crippen LogP contribution in [0.5, 0.6) is 0 Å². The molecule has 2 aliphatic rings. The number of ether oxygens (including phenoxy) is 2. The molecule has 2 aliphatic carbocycles. The summed E-state index contributed by atoms with van der Waals surface area (Å²) in [4.78, 5) is 29.9. The van der Waals surface area contributed by atoms with Crippen LogP contribution in [0.1, 0.15) is 99.3 Å². The lowest BCUT2D eigenvalue weighted by atomic mass is 9.78. The number of amides is 1. The summed E-state index contributed by atoms with van der Waals surface area (Å²) in [6, 6.07) is 0.423. The van der Waals surface area contributed by atoms with Gasteiger partial charge in [0.25, 0.3) is 0 Å². The number of rotatable bonds is 11. The highest BCUT2D eigenvalue weighted by atomic mass is 16.7. The van der Waals surface area contributed by atoms with Gasteiger partial charge in [0, 0.05) is 17.7 Å². The number of hydroxylamine groups is 2. The molecule has 202 valence electrons. The average molecular weight is 495 g/mol. The second kappa shape index (κ2) is 14.2. The summed E-state index contributed by atoms with van der Waals surface area (Å²) in [6.45, 7) is 17.3. The van der Waals surface area contributed by atoms with E-state index in [1.165, 1.54) is 32.1 Å². The smallest absolute Gasteiger partial charge is 0.407 e. The fraction of sp³-hybridized carbons (Fsp3) is 0.857. The number of nitrogens with one attached hydrogen (secondary N) is 1. The third-order valence-corrected chi connectivity index (χ3v) is 7.47. The van der Waals surface area contributed by atoms with E-state index in [9.17, 15) is 9.59 Å². The first-order valence-electron chi connectivity index (χ1n) is 13.7. The monoisotopic (exact) mass is 494 g/mol. The predicted molar refractivity (Wildman–Crippen MR) is 139 cm³/mol. The molecule has 0 aliphatic heterocycles. The van der Waals surface area contributed by atoms with E-state index >= 15 is 0 Å². The third-order valence-electron chi connectivity index (χ3n) is 7.47. The van der Waals surface area contributed by atoms with Gasteiger partial charge in [0.15, 0.2) is 0 Å². The average Bonchev–Trinajstić information content (AvgIpc) is 2.81. The van der Waals surface area contributed by atoms with Gasteiger partial charge in [0.05, 0.1) is 12.6 Å². The van der Waals surface area contributed by atoms with E-state index in [4.69, 9.17) is 14.3 Å². The van der Waals surface area contributed by atoms with E-state index in [0.717, 1.165) is 31.8 Å². The Morgan fingerprint density at radius 2 is 1.63 bits per heavy atom. The van der Waals surface area contributed by atoms with Gasteiger partial charge in [-0.25, -0.2) is 9.59 Å². The normalized spacial score (nSPS) is 23.5. The summed E-state index contributed by atoms with van der Waals surface area (Å²) < 4.78 is 10.4. The lowest BCUT2D eigenvalue weighted by Crippen LogP contribution is -2.55. The van der Waals surface area contributed by atoms with E-state index in [1.54, 1.807) is 0 Å². The minimum Gasteiger partial charge on any atom is -0.461 e. The molecule has 0 spiro atoms. The van der Waals surface area contributed by atoms with Gasteiger partial charge < -0.3 is 14.8 Å². The molecule has 2 fully saturated rings. The van der Waals surface area contributed by atoms with Gasteiger partial charge in [-0.1, -0.05) is 39.7 Å². The SMILES string of the molecule is C=CC(=O)OCCNC(=O)OC1CCC(C(C)ON(C(C(C)C)C2CCCCC2)C(C)(C)C)CC1. The predicted octanol–water partition coefficient (Wildman–Crippen LogP) is 6.03. The number of hydrogen-bond acceptors (Lipinski definition) is 6. The van der Waals surface area contributed by atoms with Crippen LogP contribution in [0.3, 0.4) is 0 Å². The minimum absolute atomic E-state index is 0.0704. The Labute approximate surface area is 213 Å². The van der Waals surface area contributed by atoms with Crippen molar-refractivity contribution in [2.24, 2.45) is 17.8 Å². The number of nitrogens with zero attached hydrogens (tertiary/aromatic N) is 1. The topological polar surface area (TPSA) is 77.1 Å². The third kappa shape index (κ3) is 9.76. The van der Waals surface area contributed by atoms with Gasteiger partial charge in [-0.05, 0) is 84.0 Å². The summed E-state index contributed by atoms with van der Waals surface area (Å²) in [5.74, 6) is 1.17. The lowest BCUT2D eigenvalue weighted by Gasteiger charge is -2.48. The van der Waals surface area contributed by atoms with Crippen molar-refractivity contribution in [3.63, 3.8) is 0 Å². The Hall–Kier alpha value is -1.60. The molecule has 2 rings (SSSR count). The molecule has 2 atom stereocenters. The molecule has 0 aromatic heterocycles. The molecule has 0 bridgehead atoms. The lowest BCUT2D eigenvalue weighted by molar-refractivity contribution is -0.288. The molecule has 2 saturated carbocycles. The Morgan fingerprint density at radius 1 is 1.00 bits per heavy atom. The summed E-state index contributed by atoms with van der Waals surface area (Å²) in [6.07, 6.45) is 10.9. The van der Waals surface area contributed by atoms with E-state index in [1.807, 2.05) is 0 Å². The Morgan fingerprint density at radius 3 is 2.17 bits per heavy atom. The van der Waals surface area contributed by atoms with E-state index < -0.39 is 12.1 Å². The molecule has 35 heavy (non-hydrogen) atoms. The van der Waals surface area contributed by atoms with Crippen molar-refractivity contribution in [2.45, 2.75) is 123 Å². The zero-order valence-electron chi connectivity index (χ0n) is 23.0. The Bertz CT molecular complexity index is 661. The van der Waals surface area contributed by atoms with Gasteiger partial charge in [-0.15, -0.1) is 0 Å². The van der Waals surface area contributed by atoms with Crippen molar-refractivity contribution in [3.05, 3.63) is 12.7 Å². The van der Waals surface area contributed by atoms with Gasteiger partial charge in [0.1, 0.15) is 12.7 Å². The van der Waals surface area contributed by atoms with Crippen molar-refractivity contribution in [2.75, 3.05) is 13.2 Å². The highest BCUT2D eigenvalue weighted by Gasteiger charge is 2.40. The Kier molecular flexibility index (Phi) is 12.0. The van der Waals surface area contributed by atoms with Gasteiger partial charge in [-0.3, -0.25) is 4.84 Å². The van der Waals surface area contributed by atoms with Crippen LogP contribution in [-0.2, 0) is 19.1 Å². The number of alkyl carbamates (subject to hydrolysis) is 1. The van der Waals surface area contributed by atoms with Crippen LogP contribution in [0.25, 0.3) is 0 Å². The van der Waals surface area contributed by atoms with Crippen molar-refractivity contribution in [1.29, 1.82) is 0 Å². The second-order valence-electron chi connectivity index (χ2n) is 11.7. The van der Waals surface area contributed by atoms with Crippen molar-refractivity contribution < 1.29 is 23.9 Å². The largest absolute Gasteiger partial charge is 0.461 e. The quantitative estimate of drug-likeness (QED) is 0.164. The van der Waals surface area contributed by atoms with E-state index in [-0.39, 0.29) is 30.9 Å². The molecule has 1 amide bonds. The summed E-state index contributed by atoms with van der Waals surface area (Å²) in [5.41, 5.74) is -0.0704. The first-order chi connectivity index (χ1) is 16.5. The summed E-state index contributed by atoms with van der Waals surface area (Å²) in [7, 11) is 0. The number of hydrogen-bond donors (Lipinski definition) is 1. The molecule has 7 heteroatoms. The maximum atomic E-state index is 12.1. The molecule has 7 nitrogen and oxygen atoms in total. The van der Waals surface area contributed by atoms with Gasteiger partial charge in [-0.2, -0.15) is 5.06 Å². The van der Waals surface area contributed by atoms with Crippen molar-refractivity contribution in [1.82, 2.24) is 10.4 Å². The molecule has 0 heterocycles. The van der Waals surface area contributed by atoms with Crippen molar-refractivity contribution in [3.8, 4) is 0 Å². The van der Waals surface area contributed by atoms with Gasteiger partial charge >= 0.3 is 12.1 Å². The van der Waals surface area contributed by atoms with E-state index in [0.29, 0.717) is 23.8 Å². The zero-order chi connectivity index (χ0) is 26.0. The van der Waals surface area contributed by atoms with Crippen LogP contribution >= 0.6 is 0 Å². The number of carbonyl (C=O) groups is 2. The Balaban J connectivity index is 1.84. The molecule has 1 N–H and O–H groups in total. The fourth-order valence-corrected chi connectivity index (χ4v) is 5.66.